The summed E-state index contributed by atoms with van der Waals surface area (Å²) in [6.45, 7) is 4.12. The molecule has 0 amide bonds. The van der Waals surface area contributed by atoms with Gasteiger partial charge in [-0.2, -0.15) is 13.2 Å². The first-order chi connectivity index (χ1) is 12.5. The maximum Gasteiger partial charge on any atom is 0.416 e. The minimum atomic E-state index is -4.34. The quantitative estimate of drug-likeness (QED) is 0.778. The number of imidazole rings is 1. The fraction of sp³-hybridized carbons (Fsp3) is 0.333. The third kappa shape index (κ3) is 3.50. The molecule has 0 radical (unpaired) electrons. The maximum atomic E-state index is 12.8. The maximum absolute atomic E-state index is 12.8. The molecule has 2 aromatic heterocycles. The highest BCUT2D eigenvalue weighted by Gasteiger charge is 2.30. The van der Waals surface area contributed by atoms with Gasteiger partial charge in [0.1, 0.15) is 5.82 Å². The van der Waals surface area contributed by atoms with Crippen LogP contribution in [0.5, 0.6) is 0 Å². The molecular formula is C18H18F3N5. The second-order valence-electron chi connectivity index (χ2n) is 6.38. The molecule has 1 fully saturated rings. The molecule has 1 aliphatic rings. The number of H-pyrrole nitrogens is 1. The third-order valence-corrected chi connectivity index (χ3v) is 4.63. The summed E-state index contributed by atoms with van der Waals surface area (Å²) in [5, 5.41) is 0. The summed E-state index contributed by atoms with van der Waals surface area (Å²) < 4.78 is 38.5. The van der Waals surface area contributed by atoms with E-state index in [1.54, 1.807) is 12.4 Å². The van der Waals surface area contributed by atoms with Crippen molar-refractivity contribution >= 4 is 16.7 Å². The molecule has 0 spiro atoms. The minimum absolute atomic E-state index is 0.422. The van der Waals surface area contributed by atoms with E-state index in [1.165, 1.54) is 6.07 Å². The zero-order valence-corrected chi connectivity index (χ0v) is 14.0. The molecule has 26 heavy (non-hydrogen) atoms. The fourth-order valence-electron chi connectivity index (χ4n) is 3.24. The molecule has 0 unspecified atom stereocenters. The Morgan fingerprint density at radius 2 is 1.73 bits per heavy atom. The number of hydrogen-bond donors (Lipinski definition) is 1. The fourth-order valence-corrected chi connectivity index (χ4v) is 3.24. The van der Waals surface area contributed by atoms with Gasteiger partial charge in [-0.25, -0.2) is 4.98 Å². The lowest BCUT2D eigenvalue weighted by atomic mass is 10.2. The van der Waals surface area contributed by atoms with E-state index in [2.05, 4.69) is 24.8 Å². The van der Waals surface area contributed by atoms with Crippen LogP contribution in [0.2, 0.25) is 0 Å². The van der Waals surface area contributed by atoms with Crippen LogP contribution in [-0.4, -0.2) is 46.0 Å². The molecule has 8 heteroatoms. The van der Waals surface area contributed by atoms with Crippen molar-refractivity contribution in [2.75, 3.05) is 31.1 Å². The van der Waals surface area contributed by atoms with Gasteiger partial charge < -0.3 is 9.88 Å². The van der Waals surface area contributed by atoms with Crippen LogP contribution >= 0.6 is 0 Å². The summed E-state index contributed by atoms with van der Waals surface area (Å²) in [7, 11) is 0. The van der Waals surface area contributed by atoms with E-state index < -0.39 is 11.7 Å². The number of alkyl halides is 3. The summed E-state index contributed by atoms with van der Waals surface area (Å²) in [6, 6.07) is 7.59. The van der Waals surface area contributed by atoms with Gasteiger partial charge in [0.15, 0.2) is 0 Å². The smallest absolute Gasteiger partial charge is 0.369 e. The Morgan fingerprint density at radius 3 is 2.42 bits per heavy atom. The molecule has 1 saturated heterocycles. The van der Waals surface area contributed by atoms with E-state index in [0.29, 0.717) is 23.4 Å². The lowest BCUT2D eigenvalue weighted by molar-refractivity contribution is -0.137. The largest absolute Gasteiger partial charge is 0.416 e. The first-order valence-electron chi connectivity index (χ1n) is 8.42. The number of nitrogens with zero attached hydrogens (tertiary/aromatic N) is 4. The average molecular weight is 361 g/mol. The monoisotopic (exact) mass is 361 g/mol. The van der Waals surface area contributed by atoms with E-state index in [1.807, 2.05) is 12.1 Å². The summed E-state index contributed by atoms with van der Waals surface area (Å²) in [6.07, 6.45) is -0.778. The molecule has 0 atom stereocenters. The van der Waals surface area contributed by atoms with Gasteiger partial charge >= 0.3 is 6.18 Å². The lowest BCUT2D eigenvalue weighted by Crippen LogP contribution is -2.46. The Kier molecular flexibility index (Phi) is 4.28. The van der Waals surface area contributed by atoms with Gasteiger partial charge in [0, 0.05) is 44.3 Å². The summed E-state index contributed by atoms with van der Waals surface area (Å²) in [5.41, 5.74) is 1.47. The van der Waals surface area contributed by atoms with E-state index in [4.69, 9.17) is 0 Å². The number of pyridine rings is 1. The standard InChI is InChI=1S/C18H18F3N5/c19-18(20,21)13-1-2-15-16(11-13)24-17(23-15)12-25-7-9-26(10-8-25)14-3-5-22-6-4-14/h1-6,11H,7-10,12H2,(H,23,24). The molecule has 0 bridgehead atoms. The van der Waals surface area contributed by atoms with Crippen LogP contribution in [0.4, 0.5) is 18.9 Å². The Morgan fingerprint density at radius 1 is 1.00 bits per heavy atom. The number of benzene rings is 1. The molecule has 3 heterocycles. The van der Waals surface area contributed by atoms with Crippen molar-refractivity contribution in [1.82, 2.24) is 19.9 Å². The lowest BCUT2D eigenvalue weighted by Gasteiger charge is -2.35. The van der Waals surface area contributed by atoms with E-state index in [9.17, 15) is 13.2 Å². The first-order valence-corrected chi connectivity index (χ1v) is 8.42. The molecule has 0 saturated carbocycles. The van der Waals surface area contributed by atoms with E-state index in [-0.39, 0.29) is 0 Å². The molecule has 1 aliphatic heterocycles. The molecule has 4 rings (SSSR count). The number of aromatic amines is 1. The van der Waals surface area contributed by atoms with Crippen LogP contribution in [0, 0.1) is 0 Å². The predicted molar refractivity (Wildman–Crippen MR) is 92.8 cm³/mol. The normalized spacial score (nSPS) is 16.3. The summed E-state index contributed by atoms with van der Waals surface area (Å²) in [5.74, 6) is 0.691. The van der Waals surface area contributed by atoms with Crippen LogP contribution in [0.25, 0.3) is 11.0 Å². The summed E-state index contributed by atoms with van der Waals surface area (Å²) >= 11 is 0. The minimum Gasteiger partial charge on any atom is -0.369 e. The molecule has 5 nitrogen and oxygen atoms in total. The molecular weight excluding hydrogens is 343 g/mol. The Bertz CT molecular complexity index is 883. The average Bonchev–Trinajstić information content (AvgIpc) is 3.04. The van der Waals surface area contributed by atoms with Crippen LogP contribution < -0.4 is 4.90 Å². The van der Waals surface area contributed by atoms with Crippen LogP contribution in [0.3, 0.4) is 0 Å². The Labute approximate surface area is 148 Å². The van der Waals surface area contributed by atoms with Gasteiger partial charge in [-0.3, -0.25) is 9.88 Å². The number of aromatic nitrogens is 3. The van der Waals surface area contributed by atoms with Crippen molar-refractivity contribution in [3.63, 3.8) is 0 Å². The highest BCUT2D eigenvalue weighted by Crippen LogP contribution is 2.31. The second-order valence-corrected chi connectivity index (χ2v) is 6.38. The van der Waals surface area contributed by atoms with Gasteiger partial charge in [0.05, 0.1) is 23.1 Å². The van der Waals surface area contributed by atoms with E-state index >= 15 is 0 Å². The summed E-state index contributed by atoms with van der Waals surface area (Å²) in [4.78, 5) is 16.0. The molecule has 136 valence electrons. The van der Waals surface area contributed by atoms with Crippen molar-refractivity contribution in [2.24, 2.45) is 0 Å². The Balaban J connectivity index is 1.42. The van der Waals surface area contributed by atoms with Crippen molar-refractivity contribution in [3.05, 3.63) is 54.1 Å². The van der Waals surface area contributed by atoms with Crippen molar-refractivity contribution in [3.8, 4) is 0 Å². The molecule has 3 aromatic rings. The number of piperazine rings is 1. The predicted octanol–water partition coefficient (Wildman–Crippen LogP) is 3.30. The number of halogens is 3. The topological polar surface area (TPSA) is 48.1 Å². The van der Waals surface area contributed by atoms with Crippen molar-refractivity contribution in [2.45, 2.75) is 12.7 Å². The zero-order valence-electron chi connectivity index (χ0n) is 14.0. The highest BCUT2D eigenvalue weighted by molar-refractivity contribution is 5.76. The zero-order chi connectivity index (χ0) is 18.1. The molecule has 1 N–H and O–H groups in total. The van der Waals surface area contributed by atoms with Gasteiger partial charge in [-0.15, -0.1) is 0 Å². The highest BCUT2D eigenvalue weighted by atomic mass is 19.4. The SMILES string of the molecule is FC(F)(F)c1ccc2nc(CN3CCN(c4ccncc4)CC3)[nH]c2c1. The second kappa shape index (κ2) is 6.60. The molecule has 1 aromatic carbocycles. The Hall–Kier alpha value is -2.61. The first kappa shape index (κ1) is 16.8. The van der Waals surface area contributed by atoms with Crippen molar-refractivity contribution < 1.29 is 13.2 Å². The number of rotatable bonds is 3. The number of nitrogens with one attached hydrogen (secondary N) is 1. The van der Waals surface area contributed by atoms with Gasteiger partial charge in [-0.1, -0.05) is 0 Å². The number of hydrogen-bond acceptors (Lipinski definition) is 4. The number of fused-ring (bicyclic) bond motifs is 1. The van der Waals surface area contributed by atoms with Crippen LogP contribution in [0.1, 0.15) is 11.4 Å². The third-order valence-electron chi connectivity index (χ3n) is 4.63. The number of anilines is 1. The van der Waals surface area contributed by atoms with E-state index in [0.717, 1.165) is 44.0 Å². The van der Waals surface area contributed by atoms with Gasteiger partial charge in [0.25, 0.3) is 0 Å². The van der Waals surface area contributed by atoms with Crippen LogP contribution in [-0.2, 0) is 12.7 Å². The van der Waals surface area contributed by atoms with Crippen molar-refractivity contribution in [1.29, 1.82) is 0 Å². The van der Waals surface area contributed by atoms with Crippen LogP contribution in [0.15, 0.2) is 42.7 Å². The van der Waals surface area contributed by atoms with Gasteiger partial charge in [-0.05, 0) is 30.3 Å². The van der Waals surface area contributed by atoms with Gasteiger partial charge in [0.2, 0.25) is 0 Å². The molecule has 0 aliphatic carbocycles.